The zero-order valence-electron chi connectivity index (χ0n) is 29.6. The second-order valence-electron chi connectivity index (χ2n) is 12.0. The van der Waals surface area contributed by atoms with Gasteiger partial charge in [-0.2, -0.15) is 0 Å². The minimum absolute atomic E-state index is 0. The van der Waals surface area contributed by atoms with Crippen LogP contribution in [0.3, 0.4) is 0 Å². The monoisotopic (exact) mass is 794 g/mol. The van der Waals surface area contributed by atoms with Gasteiger partial charge in [-0.3, -0.25) is 29.8 Å². The van der Waals surface area contributed by atoms with Crippen LogP contribution in [0.5, 0.6) is 11.8 Å². The maximum atomic E-state index is 13.6. The number of hydroxylamine groups is 1. The average molecular weight is 795 g/mol. The molecule has 3 aromatic heterocycles. The third-order valence-corrected chi connectivity index (χ3v) is 8.42. The van der Waals surface area contributed by atoms with E-state index < -0.39 is 17.6 Å². The van der Waals surface area contributed by atoms with E-state index in [1.807, 2.05) is 5.48 Å². The van der Waals surface area contributed by atoms with Crippen LogP contribution in [0.1, 0.15) is 65.7 Å². The van der Waals surface area contributed by atoms with Crippen LogP contribution in [0, 0.1) is 11.6 Å². The summed E-state index contributed by atoms with van der Waals surface area (Å²) in [6.45, 7) is -0.771. The van der Waals surface area contributed by atoms with Crippen LogP contribution in [0.2, 0.25) is 0 Å². The summed E-state index contributed by atoms with van der Waals surface area (Å²) in [5, 5.41) is 45.0. The zero-order valence-corrected chi connectivity index (χ0v) is 31.6. The van der Waals surface area contributed by atoms with Gasteiger partial charge >= 0.3 is 35.3 Å². The first kappa shape index (κ1) is 43.5. The Bertz CT molecular complexity index is 2210. The first-order chi connectivity index (χ1) is 26.2. The van der Waals surface area contributed by atoms with Crippen LogP contribution in [0.15, 0.2) is 60.0 Å². The van der Waals surface area contributed by atoms with Crippen molar-refractivity contribution in [1.82, 2.24) is 35.8 Å². The molecule has 0 radical (unpaired) electrons. The van der Waals surface area contributed by atoms with Crippen molar-refractivity contribution in [1.29, 1.82) is 0 Å². The number of aliphatic imine (C=N–C) groups is 1. The maximum Gasteiger partial charge on any atom is 1.00 e. The number of nitrogens with zero attached hydrogens (tertiary/aromatic N) is 7. The van der Waals surface area contributed by atoms with Gasteiger partial charge in [0.05, 0.1) is 12.1 Å². The van der Waals surface area contributed by atoms with Gasteiger partial charge in [-0.1, -0.05) is 17.3 Å². The molecule has 0 aliphatic heterocycles. The zero-order chi connectivity index (χ0) is 38.2. The maximum absolute atomic E-state index is 13.6. The fraction of sp³-hybridized carbons (Fsp3) is 0.364. The molecule has 56 heavy (non-hydrogen) atoms. The van der Waals surface area contributed by atoms with E-state index >= 15 is 0 Å². The number of Topliss-reactive ketones (excluding diaryl/α,β-unsaturated/α-hetero) is 2. The quantitative estimate of drug-likeness (QED) is 0.0389. The number of amidine groups is 1. The Balaban J connectivity index is 0.000000241. The number of halogens is 2. The van der Waals surface area contributed by atoms with E-state index in [2.05, 4.69) is 40.0 Å². The summed E-state index contributed by atoms with van der Waals surface area (Å²) in [6, 6.07) is 7.99. The number of carbonyl (C=O) groups excluding carboxylic acids is 2. The van der Waals surface area contributed by atoms with Crippen molar-refractivity contribution < 1.29 is 92.1 Å². The van der Waals surface area contributed by atoms with E-state index in [1.165, 1.54) is 28.8 Å². The van der Waals surface area contributed by atoms with E-state index in [1.54, 1.807) is 12.1 Å². The molecule has 2 aromatic carbocycles. The second-order valence-corrected chi connectivity index (χ2v) is 12.0. The molecular weight excluding hydrogens is 761 g/mol. The van der Waals surface area contributed by atoms with Gasteiger partial charge in [0.1, 0.15) is 24.8 Å². The number of fused-ring (bicyclic) bond motifs is 2. The molecule has 0 amide bonds. The van der Waals surface area contributed by atoms with Crippen LogP contribution in [0.4, 0.5) is 8.78 Å². The standard InChI is InChI=1S/C17H15FN4O6.C16H17FN4O5.Na.H2O/c18-10-4-3-9-6-13(12(9)7-10)22-15(20-27-17(22)25)14-16(21-28-19-14)26-8-11(24)2-1-5-23;17-10-4-3-9-6-13(12(9)7-10)18-15(19-24)14-16(21-26-20-14)25-8-11(23)2-1-5-22;;/h3-4,7,13,23H,1-2,5-6,8H2;3-4,7,13,22,24H,1-2,5-6,8H2,(H,18,19);;1H2/q;;+1;/p-1. The van der Waals surface area contributed by atoms with Gasteiger partial charge in [0.2, 0.25) is 17.2 Å². The number of ketones is 2. The van der Waals surface area contributed by atoms with Crippen molar-refractivity contribution in [3.8, 4) is 23.3 Å². The normalized spacial score (nSPS) is 15.0. The van der Waals surface area contributed by atoms with Crippen molar-refractivity contribution in [2.45, 2.75) is 50.6 Å². The summed E-state index contributed by atoms with van der Waals surface area (Å²) < 4.78 is 52.7. The molecule has 23 heteroatoms. The van der Waals surface area contributed by atoms with Gasteiger partial charge in [-0.05, 0) is 92.8 Å². The molecule has 2 unspecified atom stereocenters. The average Bonchev–Trinajstić information content (AvgIpc) is 3.91. The molecule has 0 fully saturated rings. The van der Waals surface area contributed by atoms with Crippen molar-refractivity contribution in [2.24, 2.45) is 4.99 Å². The molecule has 0 saturated carbocycles. The molecule has 5 aromatic rings. The van der Waals surface area contributed by atoms with Crippen LogP contribution < -0.4 is 50.3 Å². The number of nitrogens with one attached hydrogen (secondary N) is 1. The molecule has 5 N–H and O–H groups in total. The Morgan fingerprint density at radius 2 is 1.45 bits per heavy atom. The Morgan fingerprint density at radius 1 is 0.857 bits per heavy atom. The van der Waals surface area contributed by atoms with Crippen molar-refractivity contribution in [3.05, 3.63) is 86.5 Å². The van der Waals surface area contributed by atoms with E-state index in [4.69, 9.17) is 24.2 Å². The van der Waals surface area contributed by atoms with Gasteiger partial charge in [0.15, 0.2) is 17.4 Å². The third kappa shape index (κ3) is 9.95. The SMILES string of the molecule is O=C(CCCO)COc1nonc1-c1noc(=O)n1C1Cc2ccc(F)cc21.O=C(CCCO)COc1nonc1C(=NC1Cc2ccc(F)cc21)NO.[Na+].[OH-]. The van der Waals surface area contributed by atoms with E-state index in [0.29, 0.717) is 31.2 Å². The number of hydrogen-bond acceptors (Lipinski definition) is 18. The largest absolute Gasteiger partial charge is 1.00 e. The number of hydrogen-bond donors (Lipinski definition) is 4. The third-order valence-electron chi connectivity index (χ3n) is 8.42. The topological polar surface area (TPSA) is 294 Å². The minimum atomic E-state index is -0.747. The molecule has 2 aliphatic rings. The molecule has 292 valence electrons. The number of benzene rings is 2. The fourth-order valence-electron chi connectivity index (χ4n) is 5.66. The first-order valence-corrected chi connectivity index (χ1v) is 16.5. The number of aliphatic hydroxyl groups excluding tert-OH is 2. The fourth-order valence-corrected chi connectivity index (χ4v) is 5.66. The van der Waals surface area contributed by atoms with Gasteiger partial charge in [-0.15, -0.1) is 0 Å². The van der Waals surface area contributed by atoms with Gasteiger partial charge in [0.25, 0.3) is 11.8 Å². The smallest absolute Gasteiger partial charge is 0.870 e. The van der Waals surface area contributed by atoms with Crippen molar-refractivity contribution in [2.75, 3.05) is 26.4 Å². The molecule has 20 nitrogen and oxygen atoms in total. The predicted molar refractivity (Wildman–Crippen MR) is 176 cm³/mol. The Morgan fingerprint density at radius 3 is 2.09 bits per heavy atom. The predicted octanol–water partition coefficient (Wildman–Crippen LogP) is -1.33. The minimum Gasteiger partial charge on any atom is -0.870 e. The summed E-state index contributed by atoms with van der Waals surface area (Å²) in [6.07, 6.45) is 2.06. The van der Waals surface area contributed by atoms with Crippen molar-refractivity contribution in [3.63, 3.8) is 0 Å². The van der Waals surface area contributed by atoms with Crippen LogP contribution >= 0.6 is 0 Å². The molecule has 2 aliphatic carbocycles. The summed E-state index contributed by atoms with van der Waals surface area (Å²) >= 11 is 0. The molecule has 7 rings (SSSR count). The Kier molecular flexibility index (Phi) is 15.6. The van der Waals surface area contributed by atoms with Gasteiger partial charge in [0, 0.05) is 26.1 Å². The van der Waals surface area contributed by atoms with Crippen LogP contribution in [0.25, 0.3) is 11.5 Å². The molecule has 0 spiro atoms. The number of rotatable bonds is 16. The number of aliphatic hydroxyl groups is 2. The second kappa shape index (κ2) is 20.1. The van der Waals surface area contributed by atoms with E-state index in [0.717, 1.165) is 16.7 Å². The number of carbonyl (C=O) groups is 2. The first-order valence-electron chi connectivity index (χ1n) is 16.5. The summed E-state index contributed by atoms with van der Waals surface area (Å²) in [4.78, 5) is 39.8. The van der Waals surface area contributed by atoms with E-state index in [-0.39, 0.29) is 133 Å². The summed E-state index contributed by atoms with van der Waals surface area (Å²) in [7, 11) is 0. The van der Waals surface area contributed by atoms with Crippen molar-refractivity contribution >= 4 is 17.4 Å². The molecule has 0 saturated heterocycles. The Hall–Kier alpha value is -5.23. The van der Waals surface area contributed by atoms with Crippen LogP contribution in [-0.2, 0) is 22.4 Å². The van der Waals surface area contributed by atoms with Crippen LogP contribution in [-0.4, -0.2) is 95.1 Å². The van der Waals surface area contributed by atoms with Gasteiger partial charge < -0.3 is 25.2 Å². The molecule has 2 atom stereocenters. The summed E-state index contributed by atoms with van der Waals surface area (Å²) in [5.74, 6) is -2.30. The number of aromatic nitrogens is 6. The summed E-state index contributed by atoms with van der Waals surface area (Å²) in [5.41, 5.74) is 5.14. The number of ether oxygens (including phenoxy) is 2. The molecule has 0 bridgehead atoms. The van der Waals surface area contributed by atoms with E-state index in [9.17, 15) is 28.4 Å². The van der Waals surface area contributed by atoms with Gasteiger partial charge in [-0.25, -0.2) is 27.4 Å². The Labute approximate surface area is 336 Å². The molecular formula is C33H33F2N8NaO12. The molecule has 3 heterocycles.